The maximum Gasteiger partial charge on any atom is 0.441 e. The second kappa shape index (κ2) is 8.04. The van der Waals surface area contributed by atoms with E-state index in [2.05, 4.69) is 10.1 Å². The Hall–Kier alpha value is -3.80. The number of carbonyl (C=O) groups excluding carboxylic acids is 2. The number of hydrazone groups is 1. The zero-order valence-corrected chi connectivity index (χ0v) is 16.5. The number of carbonyl (C=O) groups is 2. The molecular weight excluding hydrogens is 452 g/mol. The number of hydrogen-bond acceptors (Lipinski definition) is 6. The lowest BCUT2D eigenvalue weighted by molar-refractivity contribution is -0.114. The summed E-state index contributed by atoms with van der Waals surface area (Å²) in [5, 5.41) is 10.5. The van der Waals surface area contributed by atoms with E-state index < -0.39 is 34.7 Å². The molecular formula is C20H10F4N4O3S. The Morgan fingerprint density at radius 2 is 1.81 bits per heavy atom. The van der Waals surface area contributed by atoms with Crippen molar-refractivity contribution in [2.45, 2.75) is 6.18 Å². The molecule has 2 aromatic rings. The molecule has 0 saturated heterocycles. The number of rotatable bonds is 3. The van der Waals surface area contributed by atoms with Crippen LogP contribution in [0.2, 0.25) is 0 Å². The molecule has 0 spiro atoms. The number of amides is 1. The summed E-state index contributed by atoms with van der Waals surface area (Å²) in [6.07, 6.45) is -3.48. The van der Waals surface area contributed by atoms with Crippen molar-refractivity contribution in [3.63, 3.8) is 0 Å². The molecule has 0 saturated carbocycles. The predicted octanol–water partition coefficient (Wildman–Crippen LogP) is 4.23. The van der Waals surface area contributed by atoms with Crippen molar-refractivity contribution >= 4 is 45.8 Å². The van der Waals surface area contributed by atoms with E-state index in [9.17, 15) is 27.2 Å². The number of ether oxygens (including phenoxy) is 1. The number of hydrogen-bond donors (Lipinski definition) is 1. The van der Waals surface area contributed by atoms with Gasteiger partial charge in [-0.05, 0) is 47.7 Å². The highest BCUT2D eigenvalue weighted by molar-refractivity contribution is 8.27. The minimum atomic E-state index is -4.73. The van der Waals surface area contributed by atoms with E-state index in [0.29, 0.717) is 10.6 Å². The number of amidine groups is 2. The minimum absolute atomic E-state index is 0.0983. The number of esters is 1. The van der Waals surface area contributed by atoms with Crippen LogP contribution in [-0.2, 0) is 4.79 Å². The van der Waals surface area contributed by atoms with Crippen LogP contribution in [0.5, 0.6) is 5.75 Å². The molecule has 0 atom stereocenters. The van der Waals surface area contributed by atoms with Gasteiger partial charge in [0.1, 0.15) is 11.6 Å². The Kier molecular flexibility index (Phi) is 5.38. The number of benzene rings is 2. The molecule has 32 heavy (non-hydrogen) atoms. The van der Waals surface area contributed by atoms with E-state index in [0.717, 1.165) is 6.07 Å². The van der Waals surface area contributed by atoms with Gasteiger partial charge in [-0.3, -0.25) is 10.2 Å². The largest absolute Gasteiger partial charge is 0.441 e. The molecule has 1 N–H and O–H groups in total. The van der Waals surface area contributed by atoms with Gasteiger partial charge >= 0.3 is 12.1 Å². The van der Waals surface area contributed by atoms with Gasteiger partial charge in [0.15, 0.2) is 5.84 Å². The fourth-order valence-corrected chi connectivity index (χ4v) is 3.45. The van der Waals surface area contributed by atoms with Crippen LogP contribution in [0, 0.1) is 11.2 Å². The highest BCUT2D eigenvalue weighted by Gasteiger charge is 2.46. The molecule has 7 nitrogen and oxygen atoms in total. The van der Waals surface area contributed by atoms with Crippen molar-refractivity contribution in [2.24, 2.45) is 10.1 Å². The third kappa shape index (κ3) is 4.17. The average Bonchev–Trinajstić information content (AvgIpc) is 3.17. The molecule has 0 unspecified atom stereocenters. The van der Waals surface area contributed by atoms with Gasteiger partial charge in [-0.15, -0.1) is 0 Å². The molecule has 12 heteroatoms. The van der Waals surface area contributed by atoms with Gasteiger partial charge in [-0.1, -0.05) is 24.3 Å². The van der Waals surface area contributed by atoms with E-state index in [4.69, 9.17) is 10.1 Å². The van der Waals surface area contributed by atoms with Gasteiger partial charge < -0.3 is 4.74 Å². The number of nitrogens with zero attached hydrogens (tertiary/aromatic N) is 3. The minimum Gasteiger partial charge on any atom is -0.423 e. The standard InChI is InChI=1S/C20H10F4N4O3S/c21-14-4-2-1-3-12(14)17(30)31-11-7-5-10(6-8-11)9-13-15(25)28-19(26-16(13)29)32-18(27-28)20(22,23)24/h1-9,25H/b13-9+,25-15?. The van der Waals surface area contributed by atoms with Crippen LogP contribution >= 0.6 is 11.8 Å². The van der Waals surface area contributed by atoms with Crippen LogP contribution in [0.1, 0.15) is 15.9 Å². The molecule has 2 aromatic carbocycles. The topological polar surface area (TPSA) is 95.2 Å². The molecule has 0 fully saturated rings. The first-order chi connectivity index (χ1) is 15.1. The third-order valence-electron chi connectivity index (χ3n) is 4.19. The molecule has 162 valence electrons. The smallest absolute Gasteiger partial charge is 0.423 e. The SMILES string of the molecule is N=C1/C(=C\c2ccc(OC(=O)c3ccccc3F)cc2)C(=O)N=C2SC(C(F)(F)F)=NN12. The van der Waals surface area contributed by atoms with Crippen LogP contribution in [-0.4, -0.2) is 39.1 Å². The zero-order chi connectivity index (χ0) is 23.0. The van der Waals surface area contributed by atoms with E-state index >= 15 is 0 Å². The first kappa shape index (κ1) is 21.4. The van der Waals surface area contributed by atoms with Crippen molar-refractivity contribution < 1.29 is 31.9 Å². The van der Waals surface area contributed by atoms with Gasteiger partial charge in [0, 0.05) is 0 Å². The number of fused-ring (bicyclic) bond motifs is 1. The van der Waals surface area contributed by atoms with Crippen molar-refractivity contribution in [2.75, 3.05) is 0 Å². The predicted molar refractivity (Wildman–Crippen MR) is 109 cm³/mol. The summed E-state index contributed by atoms with van der Waals surface area (Å²) in [6.45, 7) is 0. The lowest BCUT2D eigenvalue weighted by Gasteiger charge is -2.20. The first-order valence-corrected chi connectivity index (χ1v) is 9.59. The van der Waals surface area contributed by atoms with Crippen LogP contribution in [0.3, 0.4) is 0 Å². The molecule has 0 radical (unpaired) electrons. The number of halogens is 4. The molecule has 1 amide bonds. The van der Waals surface area contributed by atoms with E-state index in [1.807, 2.05) is 0 Å². The zero-order valence-electron chi connectivity index (χ0n) is 15.7. The summed E-state index contributed by atoms with van der Waals surface area (Å²) >= 11 is 0.161. The van der Waals surface area contributed by atoms with Gasteiger partial charge in [0.2, 0.25) is 10.2 Å². The van der Waals surface area contributed by atoms with Crippen LogP contribution < -0.4 is 4.74 Å². The molecule has 2 aliphatic rings. The maximum absolute atomic E-state index is 13.7. The van der Waals surface area contributed by atoms with Crippen molar-refractivity contribution in [3.05, 3.63) is 71.0 Å². The third-order valence-corrected chi connectivity index (χ3v) is 5.15. The second-order valence-corrected chi connectivity index (χ2v) is 7.32. The van der Waals surface area contributed by atoms with Crippen LogP contribution in [0.15, 0.2) is 64.2 Å². The summed E-state index contributed by atoms with van der Waals surface area (Å²) in [7, 11) is 0. The van der Waals surface area contributed by atoms with Crippen LogP contribution in [0.4, 0.5) is 17.6 Å². The highest BCUT2D eigenvalue weighted by Crippen LogP contribution is 2.35. The fraction of sp³-hybridized carbons (Fsp3) is 0.0500. The van der Waals surface area contributed by atoms with Gasteiger partial charge in [-0.25, -0.2) is 9.18 Å². The Bertz CT molecular complexity index is 1240. The van der Waals surface area contributed by atoms with E-state index in [1.54, 1.807) is 0 Å². The van der Waals surface area contributed by atoms with Gasteiger partial charge in [0.25, 0.3) is 5.91 Å². The van der Waals surface area contributed by atoms with Gasteiger partial charge in [0.05, 0.1) is 11.1 Å². The summed E-state index contributed by atoms with van der Waals surface area (Å²) < 4.78 is 57.4. The number of aliphatic imine (C=N–C) groups is 1. The lowest BCUT2D eigenvalue weighted by atomic mass is 10.1. The molecule has 2 heterocycles. The Morgan fingerprint density at radius 3 is 2.47 bits per heavy atom. The van der Waals surface area contributed by atoms with Crippen molar-refractivity contribution in [1.29, 1.82) is 5.41 Å². The fourth-order valence-electron chi connectivity index (χ4n) is 2.69. The first-order valence-electron chi connectivity index (χ1n) is 8.77. The summed E-state index contributed by atoms with van der Waals surface area (Å²) in [4.78, 5) is 27.9. The summed E-state index contributed by atoms with van der Waals surface area (Å²) in [6, 6.07) is 11.0. The molecule has 0 aromatic heterocycles. The molecule has 0 aliphatic carbocycles. The monoisotopic (exact) mass is 462 g/mol. The molecule has 2 aliphatic heterocycles. The highest BCUT2D eigenvalue weighted by atomic mass is 32.2. The quantitative estimate of drug-likeness (QED) is 0.319. The van der Waals surface area contributed by atoms with Crippen LogP contribution in [0.25, 0.3) is 6.08 Å². The Balaban J connectivity index is 1.53. The maximum atomic E-state index is 13.7. The normalized spacial score (nSPS) is 17.2. The van der Waals surface area contributed by atoms with E-state index in [-0.39, 0.29) is 33.8 Å². The van der Waals surface area contributed by atoms with E-state index in [1.165, 1.54) is 48.5 Å². The number of thioether (sulfide) groups is 1. The molecule has 4 rings (SSSR count). The number of alkyl halides is 3. The van der Waals surface area contributed by atoms with Crippen molar-refractivity contribution in [1.82, 2.24) is 5.01 Å². The van der Waals surface area contributed by atoms with Gasteiger partial charge in [-0.2, -0.15) is 28.3 Å². The lowest BCUT2D eigenvalue weighted by Crippen LogP contribution is -2.35. The number of nitrogens with one attached hydrogen (secondary N) is 1. The second-order valence-electron chi connectivity index (χ2n) is 6.36. The average molecular weight is 462 g/mol. The summed E-state index contributed by atoms with van der Waals surface area (Å²) in [5.74, 6) is -2.97. The molecule has 0 bridgehead atoms. The summed E-state index contributed by atoms with van der Waals surface area (Å²) in [5.41, 5.74) is -0.122. The Morgan fingerprint density at radius 1 is 1.12 bits per heavy atom. The van der Waals surface area contributed by atoms with Crippen molar-refractivity contribution in [3.8, 4) is 5.75 Å². The Labute approximate surface area is 181 Å².